The molecule has 11 nitrogen and oxygen atoms in total. The van der Waals surface area contributed by atoms with Crippen LogP contribution in [0.3, 0.4) is 0 Å². The summed E-state index contributed by atoms with van der Waals surface area (Å²) in [6, 6.07) is 6.51. The molecule has 2 aromatic heterocycles. The zero-order valence-electron chi connectivity index (χ0n) is 16.9. The lowest BCUT2D eigenvalue weighted by atomic mass is 10.3. The monoisotopic (exact) mass is 502 g/mol. The number of hydrogen-bond acceptors (Lipinski definition) is 10. The number of benzene rings is 1. The number of anilines is 3. The maximum atomic E-state index is 12.9. The molecule has 35 heavy (non-hydrogen) atoms. The van der Waals surface area contributed by atoms with E-state index in [1.807, 2.05) is 0 Å². The van der Waals surface area contributed by atoms with Gasteiger partial charge >= 0.3 is 18.4 Å². The van der Waals surface area contributed by atoms with Crippen LogP contribution in [-0.4, -0.2) is 49.5 Å². The Bertz CT molecular complexity index is 1180. The molecule has 3 rings (SSSR count). The molecule has 3 aromatic rings. The Balaban J connectivity index is 1.91. The first-order valence-corrected chi connectivity index (χ1v) is 9.18. The van der Waals surface area contributed by atoms with Gasteiger partial charge in [0.05, 0.1) is 11.1 Å². The zero-order chi connectivity index (χ0) is 25.6. The summed E-state index contributed by atoms with van der Waals surface area (Å²) in [4.78, 5) is 24.5. The highest BCUT2D eigenvalue weighted by molar-refractivity contribution is 5.79. The van der Waals surface area contributed by atoms with Crippen LogP contribution in [0.2, 0.25) is 0 Å². The third-order valence-corrected chi connectivity index (χ3v) is 3.83. The topological polar surface area (TPSA) is 140 Å². The number of nitrogens with one attached hydrogen (secondary N) is 2. The second-order valence-corrected chi connectivity index (χ2v) is 6.43. The summed E-state index contributed by atoms with van der Waals surface area (Å²) < 4.78 is 81.5. The molecule has 0 atom stereocenters. The van der Waals surface area contributed by atoms with Gasteiger partial charge < -0.3 is 10.1 Å². The molecule has 0 bridgehead atoms. The average molecular weight is 502 g/mol. The summed E-state index contributed by atoms with van der Waals surface area (Å²) >= 11 is 0. The minimum absolute atomic E-state index is 0.126. The van der Waals surface area contributed by atoms with E-state index in [4.69, 9.17) is 0 Å². The normalized spacial score (nSPS) is 12.1. The van der Waals surface area contributed by atoms with E-state index in [0.717, 1.165) is 12.1 Å². The molecular weight excluding hydrogens is 490 g/mol. The van der Waals surface area contributed by atoms with E-state index in [2.05, 4.69) is 40.5 Å². The number of halogens is 6. The van der Waals surface area contributed by atoms with Gasteiger partial charge in [-0.25, -0.2) is 5.43 Å². The van der Waals surface area contributed by atoms with Gasteiger partial charge in [0.15, 0.2) is 0 Å². The van der Waals surface area contributed by atoms with Crippen molar-refractivity contribution in [2.45, 2.75) is 18.5 Å². The molecule has 0 aliphatic carbocycles. The number of aromatic nitrogens is 4. The SMILES string of the molecule is O=[N+]([O-])c1ccc(Nc2nc(N/N=C\c3cccnc3)nc(OC(C(F)(F)F)C(F)(F)F)n2)cc1. The van der Waals surface area contributed by atoms with Gasteiger partial charge in [0.25, 0.3) is 17.7 Å². The molecule has 1 aromatic carbocycles. The van der Waals surface area contributed by atoms with Gasteiger partial charge in [0.1, 0.15) is 0 Å². The fourth-order valence-corrected chi connectivity index (χ4v) is 2.35. The summed E-state index contributed by atoms with van der Waals surface area (Å²) in [5, 5.41) is 17.0. The Labute approximate surface area is 191 Å². The molecule has 2 heterocycles. The van der Waals surface area contributed by atoms with Gasteiger partial charge in [-0.2, -0.15) is 46.4 Å². The van der Waals surface area contributed by atoms with E-state index in [1.54, 1.807) is 12.1 Å². The van der Waals surface area contributed by atoms with Gasteiger partial charge in [-0.05, 0) is 18.2 Å². The van der Waals surface area contributed by atoms with Crippen molar-refractivity contribution >= 4 is 29.5 Å². The average Bonchev–Trinajstić information content (AvgIpc) is 2.77. The third-order valence-electron chi connectivity index (χ3n) is 3.83. The quantitative estimate of drug-likeness (QED) is 0.200. The molecule has 0 spiro atoms. The predicted molar refractivity (Wildman–Crippen MR) is 108 cm³/mol. The zero-order valence-corrected chi connectivity index (χ0v) is 16.9. The van der Waals surface area contributed by atoms with Crippen LogP contribution >= 0.6 is 0 Å². The first-order chi connectivity index (χ1) is 16.4. The highest BCUT2D eigenvalue weighted by Gasteiger charge is 2.59. The number of pyridine rings is 1. The summed E-state index contributed by atoms with van der Waals surface area (Å²) in [7, 11) is 0. The molecule has 0 aliphatic heterocycles. The van der Waals surface area contributed by atoms with Crippen molar-refractivity contribution < 1.29 is 36.0 Å². The van der Waals surface area contributed by atoms with Crippen molar-refractivity contribution in [3.63, 3.8) is 0 Å². The van der Waals surface area contributed by atoms with Crippen molar-refractivity contribution in [2.75, 3.05) is 10.7 Å². The number of nitro benzene ring substituents is 1. The van der Waals surface area contributed by atoms with Crippen LogP contribution < -0.4 is 15.5 Å². The van der Waals surface area contributed by atoms with E-state index >= 15 is 0 Å². The van der Waals surface area contributed by atoms with Crippen molar-refractivity contribution in [3.8, 4) is 6.01 Å². The maximum Gasteiger partial charge on any atom is 0.434 e. The lowest BCUT2D eigenvalue weighted by molar-refractivity contribution is -0.384. The van der Waals surface area contributed by atoms with Gasteiger partial charge in [-0.1, -0.05) is 6.07 Å². The lowest BCUT2D eigenvalue weighted by Crippen LogP contribution is -2.46. The Morgan fingerprint density at radius 1 is 1.00 bits per heavy atom. The fraction of sp³-hybridized carbons (Fsp3) is 0.167. The summed E-state index contributed by atoms with van der Waals surface area (Å²) in [6.45, 7) is 0. The highest BCUT2D eigenvalue weighted by Crippen LogP contribution is 2.36. The Hall–Kier alpha value is -4.57. The molecule has 0 saturated heterocycles. The molecule has 0 aliphatic rings. The van der Waals surface area contributed by atoms with E-state index < -0.39 is 41.3 Å². The van der Waals surface area contributed by atoms with Crippen molar-refractivity contribution in [3.05, 3.63) is 64.5 Å². The van der Waals surface area contributed by atoms with Crippen molar-refractivity contribution in [2.24, 2.45) is 5.10 Å². The van der Waals surface area contributed by atoms with E-state index in [9.17, 15) is 36.5 Å². The minimum Gasteiger partial charge on any atom is -0.440 e. The highest BCUT2D eigenvalue weighted by atomic mass is 19.4. The minimum atomic E-state index is -5.82. The van der Waals surface area contributed by atoms with Gasteiger partial charge in [0.2, 0.25) is 5.95 Å². The van der Waals surface area contributed by atoms with Crippen LogP contribution in [0.25, 0.3) is 0 Å². The van der Waals surface area contributed by atoms with Crippen molar-refractivity contribution in [1.29, 1.82) is 0 Å². The number of non-ortho nitro benzene ring substituents is 1. The van der Waals surface area contributed by atoms with Crippen LogP contribution in [0.15, 0.2) is 53.9 Å². The number of nitrogens with zero attached hydrogens (tertiary/aromatic N) is 6. The third kappa shape index (κ3) is 7.21. The Morgan fingerprint density at radius 3 is 2.23 bits per heavy atom. The maximum absolute atomic E-state index is 12.9. The summed E-state index contributed by atoms with van der Waals surface area (Å²) in [6.07, 6.45) is -11.7. The number of ether oxygens (including phenoxy) is 1. The predicted octanol–water partition coefficient (Wildman–Crippen LogP) is 4.24. The van der Waals surface area contributed by atoms with Crippen LogP contribution in [0.5, 0.6) is 6.01 Å². The standard InChI is InChI=1S/C18H12F6N8O3/c19-17(20,21)13(18(22,23)24)35-16-29-14(27-11-3-5-12(6-4-11)32(33)34)28-15(30-16)31-26-9-10-2-1-7-25-8-10/h1-9,13H,(H2,27,28,29,30,31)/b26-9-. The van der Waals surface area contributed by atoms with Crippen molar-refractivity contribution in [1.82, 2.24) is 19.9 Å². The van der Waals surface area contributed by atoms with Gasteiger partial charge in [-0.3, -0.25) is 15.1 Å². The molecule has 0 radical (unpaired) electrons. The lowest BCUT2D eigenvalue weighted by Gasteiger charge is -2.22. The Morgan fingerprint density at radius 2 is 1.66 bits per heavy atom. The molecule has 2 N–H and O–H groups in total. The number of nitro groups is 1. The summed E-state index contributed by atoms with van der Waals surface area (Å²) in [5.41, 5.74) is 2.61. The smallest absolute Gasteiger partial charge is 0.434 e. The molecule has 0 fully saturated rings. The summed E-state index contributed by atoms with van der Waals surface area (Å²) in [5.74, 6) is -1.10. The number of rotatable bonds is 8. The first-order valence-electron chi connectivity index (χ1n) is 9.18. The molecule has 17 heteroatoms. The Kier molecular flexibility index (Phi) is 7.26. The molecular formula is C18H12F6N8O3. The van der Waals surface area contributed by atoms with E-state index in [1.165, 1.54) is 30.7 Å². The molecule has 0 amide bonds. The van der Waals surface area contributed by atoms with E-state index in [-0.39, 0.29) is 11.4 Å². The van der Waals surface area contributed by atoms with Gasteiger partial charge in [0, 0.05) is 35.8 Å². The molecule has 184 valence electrons. The van der Waals surface area contributed by atoms with Gasteiger partial charge in [-0.15, -0.1) is 0 Å². The first kappa shape index (κ1) is 25.1. The molecule has 0 unspecified atom stereocenters. The second kappa shape index (κ2) is 10.1. The number of alkyl halides is 6. The number of hydrogen-bond donors (Lipinski definition) is 2. The largest absolute Gasteiger partial charge is 0.440 e. The van der Waals surface area contributed by atoms with Crippen LogP contribution in [-0.2, 0) is 0 Å². The second-order valence-electron chi connectivity index (χ2n) is 6.43. The van der Waals surface area contributed by atoms with Crippen LogP contribution in [0.1, 0.15) is 5.56 Å². The van der Waals surface area contributed by atoms with Crippen LogP contribution in [0, 0.1) is 10.1 Å². The fourth-order valence-electron chi connectivity index (χ4n) is 2.35. The molecule has 0 saturated carbocycles. The van der Waals surface area contributed by atoms with Crippen LogP contribution in [0.4, 0.5) is 49.6 Å². The van der Waals surface area contributed by atoms with E-state index in [0.29, 0.717) is 5.56 Å². The number of hydrazone groups is 1.